The molecule has 2 saturated heterocycles. The number of amides is 1. The molecule has 2 aliphatic rings. The second-order valence-corrected chi connectivity index (χ2v) is 7.22. The number of nitrogens with one attached hydrogen (secondary N) is 1. The third kappa shape index (κ3) is 2.83. The first-order valence-corrected chi connectivity index (χ1v) is 8.57. The van der Waals surface area contributed by atoms with Crippen molar-refractivity contribution in [1.82, 2.24) is 14.5 Å². The van der Waals surface area contributed by atoms with Crippen LogP contribution in [0.3, 0.4) is 0 Å². The molecule has 21 heavy (non-hydrogen) atoms. The molecule has 2 aliphatic heterocycles. The highest BCUT2D eigenvalue weighted by Gasteiger charge is 2.36. The van der Waals surface area contributed by atoms with Crippen molar-refractivity contribution in [2.75, 3.05) is 32.7 Å². The summed E-state index contributed by atoms with van der Waals surface area (Å²) in [4.78, 5) is 13.8. The van der Waals surface area contributed by atoms with E-state index in [1.54, 1.807) is 11.0 Å². The number of carbonyl (C=O) groups is 1. The average molecular weight is 313 g/mol. The summed E-state index contributed by atoms with van der Waals surface area (Å²) >= 11 is 0. The Labute approximate surface area is 123 Å². The number of piperidine rings is 1. The SMILES string of the molecule is O=C1CNCCN1C1CCCN(S(=O)(=O)c2ccco2)C1. The number of piperazine rings is 1. The van der Waals surface area contributed by atoms with Gasteiger partial charge in [-0.1, -0.05) is 0 Å². The van der Waals surface area contributed by atoms with E-state index in [4.69, 9.17) is 4.42 Å². The van der Waals surface area contributed by atoms with E-state index >= 15 is 0 Å². The molecule has 0 radical (unpaired) electrons. The molecule has 1 N–H and O–H groups in total. The van der Waals surface area contributed by atoms with Crippen molar-refractivity contribution in [3.63, 3.8) is 0 Å². The number of furan rings is 1. The van der Waals surface area contributed by atoms with E-state index in [2.05, 4.69) is 5.32 Å². The van der Waals surface area contributed by atoms with Gasteiger partial charge in [0.15, 0.2) is 0 Å². The molecular weight excluding hydrogens is 294 g/mol. The second kappa shape index (κ2) is 5.78. The van der Waals surface area contributed by atoms with Gasteiger partial charge in [0.05, 0.1) is 12.8 Å². The minimum Gasteiger partial charge on any atom is -0.452 e. The lowest BCUT2D eigenvalue weighted by Gasteiger charge is -2.40. The minimum atomic E-state index is -3.59. The first kappa shape index (κ1) is 14.6. The van der Waals surface area contributed by atoms with E-state index in [0.29, 0.717) is 26.2 Å². The van der Waals surface area contributed by atoms with Gasteiger partial charge in [-0.2, -0.15) is 4.31 Å². The molecular formula is C13H19N3O4S. The van der Waals surface area contributed by atoms with Crippen LogP contribution in [-0.4, -0.2) is 62.3 Å². The zero-order chi connectivity index (χ0) is 14.9. The van der Waals surface area contributed by atoms with Crippen LogP contribution < -0.4 is 5.32 Å². The van der Waals surface area contributed by atoms with Gasteiger partial charge < -0.3 is 14.6 Å². The zero-order valence-corrected chi connectivity index (χ0v) is 12.5. The standard InChI is InChI=1S/C13H19N3O4S/c17-12-9-14-5-7-16(12)11-3-1-6-15(10-11)21(18,19)13-4-2-8-20-13/h2,4,8,11,14H,1,3,5-7,9-10H2. The Hall–Kier alpha value is -1.38. The molecule has 3 heterocycles. The smallest absolute Gasteiger partial charge is 0.276 e. The number of rotatable bonds is 3. The van der Waals surface area contributed by atoms with Gasteiger partial charge >= 0.3 is 0 Å². The normalized spacial score (nSPS) is 25.2. The summed E-state index contributed by atoms with van der Waals surface area (Å²) < 4.78 is 31.4. The highest BCUT2D eigenvalue weighted by molar-refractivity contribution is 7.89. The highest BCUT2D eigenvalue weighted by atomic mass is 32.2. The fourth-order valence-corrected chi connectivity index (χ4v) is 4.36. The number of nitrogens with zero attached hydrogens (tertiary/aromatic N) is 2. The maximum absolute atomic E-state index is 12.5. The second-order valence-electron chi connectivity index (χ2n) is 5.36. The fraction of sp³-hybridized carbons (Fsp3) is 0.615. The van der Waals surface area contributed by atoms with Crippen molar-refractivity contribution in [2.24, 2.45) is 0 Å². The van der Waals surface area contributed by atoms with Crippen LogP contribution in [0.5, 0.6) is 0 Å². The number of sulfonamides is 1. The van der Waals surface area contributed by atoms with Crippen LogP contribution in [0.15, 0.2) is 27.9 Å². The molecule has 7 nitrogen and oxygen atoms in total. The summed E-state index contributed by atoms with van der Waals surface area (Å²) in [6.45, 7) is 2.54. The van der Waals surface area contributed by atoms with Crippen LogP contribution >= 0.6 is 0 Å². The summed E-state index contributed by atoms with van der Waals surface area (Å²) in [5.41, 5.74) is 0. The molecule has 1 aromatic rings. The molecule has 2 fully saturated rings. The minimum absolute atomic E-state index is 0.0326. The lowest BCUT2D eigenvalue weighted by molar-refractivity contribution is -0.135. The molecule has 1 aromatic heterocycles. The number of carbonyl (C=O) groups excluding carboxylic acids is 1. The fourth-order valence-electron chi connectivity index (χ4n) is 2.94. The van der Waals surface area contributed by atoms with Crippen LogP contribution in [0, 0.1) is 0 Å². The Balaban J connectivity index is 1.75. The van der Waals surface area contributed by atoms with Gasteiger partial charge in [-0.3, -0.25) is 4.79 Å². The maximum Gasteiger partial charge on any atom is 0.276 e. The number of hydrogen-bond acceptors (Lipinski definition) is 5. The quantitative estimate of drug-likeness (QED) is 0.840. The maximum atomic E-state index is 12.5. The summed E-state index contributed by atoms with van der Waals surface area (Å²) in [5.74, 6) is 0.0449. The van der Waals surface area contributed by atoms with Gasteiger partial charge in [0, 0.05) is 32.2 Å². The molecule has 3 rings (SSSR count). The predicted molar refractivity (Wildman–Crippen MR) is 75.1 cm³/mol. The topological polar surface area (TPSA) is 82.9 Å². The van der Waals surface area contributed by atoms with Crippen molar-refractivity contribution in [1.29, 1.82) is 0 Å². The zero-order valence-electron chi connectivity index (χ0n) is 11.7. The summed E-state index contributed by atoms with van der Waals surface area (Å²) in [5, 5.41) is 3.00. The third-order valence-electron chi connectivity index (χ3n) is 4.02. The van der Waals surface area contributed by atoms with Gasteiger partial charge in [0.2, 0.25) is 11.0 Å². The Kier molecular flexibility index (Phi) is 4.01. The van der Waals surface area contributed by atoms with Gasteiger partial charge in [0.25, 0.3) is 10.0 Å². The Morgan fingerprint density at radius 1 is 1.33 bits per heavy atom. The van der Waals surface area contributed by atoms with Crippen molar-refractivity contribution < 1.29 is 17.6 Å². The first-order valence-electron chi connectivity index (χ1n) is 7.13. The van der Waals surface area contributed by atoms with Crippen molar-refractivity contribution in [3.8, 4) is 0 Å². The predicted octanol–water partition coefficient (Wildman–Crippen LogP) is -0.135. The lowest BCUT2D eigenvalue weighted by atomic mass is 10.1. The largest absolute Gasteiger partial charge is 0.452 e. The van der Waals surface area contributed by atoms with E-state index in [1.165, 1.54) is 16.6 Å². The van der Waals surface area contributed by atoms with Crippen molar-refractivity contribution >= 4 is 15.9 Å². The molecule has 8 heteroatoms. The van der Waals surface area contributed by atoms with Gasteiger partial charge in [0.1, 0.15) is 0 Å². The lowest BCUT2D eigenvalue weighted by Crippen LogP contribution is -2.57. The summed E-state index contributed by atoms with van der Waals surface area (Å²) in [7, 11) is -3.59. The molecule has 1 atom stereocenters. The van der Waals surface area contributed by atoms with Gasteiger partial charge in [-0.25, -0.2) is 8.42 Å². The van der Waals surface area contributed by atoms with Crippen LogP contribution in [0.1, 0.15) is 12.8 Å². The van der Waals surface area contributed by atoms with Crippen molar-refractivity contribution in [2.45, 2.75) is 24.0 Å². The highest BCUT2D eigenvalue weighted by Crippen LogP contribution is 2.23. The molecule has 1 amide bonds. The van der Waals surface area contributed by atoms with E-state index in [1.807, 2.05) is 0 Å². The Morgan fingerprint density at radius 2 is 2.19 bits per heavy atom. The summed E-state index contributed by atoms with van der Waals surface area (Å²) in [6, 6.07) is 2.97. The van der Waals surface area contributed by atoms with Crippen LogP contribution in [-0.2, 0) is 14.8 Å². The first-order chi connectivity index (χ1) is 10.1. The van der Waals surface area contributed by atoms with Crippen LogP contribution in [0.4, 0.5) is 0 Å². The molecule has 116 valence electrons. The molecule has 0 spiro atoms. The van der Waals surface area contributed by atoms with Crippen molar-refractivity contribution in [3.05, 3.63) is 18.4 Å². The Bertz CT molecular complexity index is 599. The average Bonchev–Trinajstić information content (AvgIpc) is 3.03. The Morgan fingerprint density at radius 3 is 2.90 bits per heavy atom. The number of hydrogen-bond donors (Lipinski definition) is 1. The molecule has 0 aliphatic carbocycles. The van der Waals surface area contributed by atoms with Gasteiger partial charge in [-0.05, 0) is 25.0 Å². The van der Waals surface area contributed by atoms with E-state index in [-0.39, 0.29) is 17.0 Å². The summed E-state index contributed by atoms with van der Waals surface area (Å²) in [6.07, 6.45) is 2.95. The van der Waals surface area contributed by atoms with E-state index in [9.17, 15) is 13.2 Å². The monoisotopic (exact) mass is 313 g/mol. The van der Waals surface area contributed by atoms with E-state index in [0.717, 1.165) is 19.4 Å². The third-order valence-corrected chi connectivity index (χ3v) is 5.77. The van der Waals surface area contributed by atoms with Crippen LogP contribution in [0.25, 0.3) is 0 Å². The molecule has 1 unspecified atom stereocenters. The molecule has 0 saturated carbocycles. The molecule has 0 bridgehead atoms. The van der Waals surface area contributed by atoms with Gasteiger partial charge in [-0.15, -0.1) is 0 Å². The molecule has 0 aromatic carbocycles. The van der Waals surface area contributed by atoms with Crippen LogP contribution in [0.2, 0.25) is 0 Å². The van der Waals surface area contributed by atoms with E-state index < -0.39 is 10.0 Å².